The maximum absolute atomic E-state index is 12.5. The van der Waals surface area contributed by atoms with Crippen LogP contribution >= 0.6 is 0 Å². The normalized spacial score (nSPS) is 16.6. The van der Waals surface area contributed by atoms with Gasteiger partial charge in [-0.05, 0) is 50.2 Å². The topological polar surface area (TPSA) is 76.2 Å². The molecule has 1 unspecified atom stereocenters. The van der Waals surface area contributed by atoms with Gasteiger partial charge in [0.2, 0.25) is 5.91 Å². The van der Waals surface area contributed by atoms with Gasteiger partial charge in [-0.15, -0.1) is 5.10 Å². The second-order valence-corrected chi connectivity index (χ2v) is 6.67. The number of carbonyl (C=O) groups excluding carboxylic acids is 1. The number of para-hydroxylation sites is 1. The van der Waals surface area contributed by atoms with Crippen molar-refractivity contribution in [2.24, 2.45) is 0 Å². The molecule has 7 heteroatoms. The van der Waals surface area contributed by atoms with E-state index in [9.17, 15) is 4.79 Å². The average Bonchev–Trinajstić information content (AvgIpc) is 3.34. The van der Waals surface area contributed by atoms with E-state index in [4.69, 9.17) is 4.42 Å². The highest BCUT2D eigenvalue weighted by molar-refractivity contribution is 5.79. The molecule has 0 saturated carbocycles. The number of fused-ring (bicyclic) bond motifs is 1. The Morgan fingerprint density at radius 1 is 1.15 bits per heavy atom. The molecule has 3 heterocycles. The lowest BCUT2D eigenvalue weighted by atomic mass is 10.1. The molecule has 0 bridgehead atoms. The molecule has 3 aromatic rings. The Hall–Kier alpha value is -2.67. The number of nitrogens with zero attached hydrogens (tertiary/aromatic N) is 4. The van der Waals surface area contributed by atoms with Crippen molar-refractivity contribution in [3.63, 3.8) is 0 Å². The predicted octanol–water partition coefficient (Wildman–Crippen LogP) is 2.37. The van der Waals surface area contributed by atoms with Gasteiger partial charge in [-0.1, -0.05) is 23.8 Å². The van der Waals surface area contributed by atoms with Crippen LogP contribution in [0.4, 0.5) is 0 Å². The zero-order valence-electron chi connectivity index (χ0n) is 14.7. The van der Waals surface area contributed by atoms with E-state index in [0.717, 1.165) is 29.9 Å². The Bertz CT molecular complexity index is 852. The smallest absolute Gasteiger partial charge is 0.241 e. The number of rotatable bonds is 6. The molecular formula is C19H23N5O2. The Morgan fingerprint density at radius 3 is 2.81 bits per heavy atom. The minimum atomic E-state index is -0.0748. The molecule has 1 aliphatic heterocycles. The van der Waals surface area contributed by atoms with Gasteiger partial charge in [-0.25, -0.2) is 4.68 Å². The first-order valence-electron chi connectivity index (χ1n) is 9.13. The average molecular weight is 353 g/mol. The van der Waals surface area contributed by atoms with E-state index < -0.39 is 0 Å². The van der Waals surface area contributed by atoms with Gasteiger partial charge < -0.3 is 9.73 Å². The van der Waals surface area contributed by atoms with Crippen LogP contribution in [0.5, 0.6) is 0 Å². The number of carbonyl (C=O) groups is 1. The summed E-state index contributed by atoms with van der Waals surface area (Å²) in [7, 11) is 0. The van der Waals surface area contributed by atoms with Gasteiger partial charge in [0.15, 0.2) is 0 Å². The van der Waals surface area contributed by atoms with Crippen molar-refractivity contribution in [1.29, 1.82) is 0 Å². The first-order valence-corrected chi connectivity index (χ1v) is 9.13. The molecule has 1 atom stereocenters. The second kappa shape index (κ2) is 7.70. The number of hydrogen-bond donors (Lipinski definition) is 1. The van der Waals surface area contributed by atoms with E-state index in [1.165, 1.54) is 19.3 Å². The lowest BCUT2D eigenvalue weighted by molar-refractivity contribution is -0.122. The highest BCUT2D eigenvalue weighted by Crippen LogP contribution is 2.24. The summed E-state index contributed by atoms with van der Waals surface area (Å²) in [5.74, 6) is 0.827. The van der Waals surface area contributed by atoms with E-state index in [-0.39, 0.29) is 18.5 Å². The SMILES string of the molecule is O=C(Cn1nnc2ccccc21)NCC(c1ccco1)N1CCCCC1. The number of aromatic nitrogens is 3. The standard InChI is InChI=1S/C19H23N5O2/c25-19(14-24-16-8-3-2-7-15(16)21-22-24)20-13-17(18-9-6-12-26-18)23-10-4-1-5-11-23/h2-3,6-9,12,17H,1,4-5,10-11,13-14H2,(H,20,25). The molecule has 1 aromatic carbocycles. The van der Waals surface area contributed by atoms with Gasteiger partial charge in [0.05, 0.1) is 17.8 Å². The van der Waals surface area contributed by atoms with E-state index in [2.05, 4.69) is 20.5 Å². The Balaban J connectivity index is 1.41. The van der Waals surface area contributed by atoms with Gasteiger partial charge in [-0.2, -0.15) is 0 Å². The molecule has 2 aromatic heterocycles. The minimum Gasteiger partial charge on any atom is -0.468 e. The van der Waals surface area contributed by atoms with Crippen molar-refractivity contribution < 1.29 is 9.21 Å². The Kier molecular flexibility index (Phi) is 4.97. The largest absolute Gasteiger partial charge is 0.468 e. The van der Waals surface area contributed by atoms with E-state index in [0.29, 0.717) is 6.54 Å². The molecule has 26 heavy (non-hydrogen) atoms. The summed E-state index contributed by atoms with van der Waals surface area (Å²) in [6.45, 7) is 2.76. The van der Waals surface area contributed by atoms with Crippen molar-refractivity contribution in [3.8, 4) is 0 Å². The molecule has 1 aliphatic rings. The number of furan rings is 1. The summed E-state index contributed by atoms with van der Waals surface area (Å²) in [6, 6.07) is 11.6. The summed E-state index contributed by atoms with van der Waals surface area (Å²) in [5, 5.41) is 11.2. The number of hydrogen-bond acceptors (Lipinski definition) is 5. The van der Waals surface area contributed by atoms with E-state index in [1.54, 1.807) is 10.9 Å². The maximum atomic E-state index is 12.5. The molecule has 4 rings (SSSR count). The van der Waals surface area contributed by atoms with Crippen molar-refractivity contribution in [3.05, 3.63) is 48.4 Å². The number of likely N-dealkylation sites (tertiary alicyclic amines) is 1. The lowest BCUT2D eigenvalue weighted by Crippen LogP contribution is -2.41. The van der Waals surface area contributed by atoms with Gasteiger partial charge in [-0.3, -0.25) is 9.69 Å². The molecule has 0 aliphatic carbocycles. The number of piperidine rings is 1. The maximum Gasteiger partial charge on any atom is 0.241 e. The zero-order valence-corrected chi connectivity index (χ0v) is 14.7. The van der Waals surface area contributed by atoms with Gasteiger partial charge >= 0.3 is 0 Å². The summed E-state index contributed by atoms with van der Waals surface area (Å²) in [5.41, 5.74) is 1.66. The molecule has 0 spiro atoms. The second-order valence-electron chi connectivity index (χ2n) is 6.67. The monoisotopic (exact) mass is 353 g/mol. The molecule has 1 N–H and O–H groups in total. The lowest BCUT2D eigenvalue weighted by Gasteiger charge is -2.33. The Labute approximate surface area is 152 Å². The van der Waals surface area contributed by atoms with Crippen LogP contribution in [-0.4, -0.2) is 45.4 Å². The predicted molar refractivity (Wildman–Crippen MR) is 97.4 cm³/mol. The van der Waals surface area contributed by atoms with Crippen LogP contribution < -0.4 is 5.32 Å². The van der Waals surface area contributed by atoms with Crippen LogP contribution in [0.15, 0.2) is 47.1 Å². The molecule has 136 valence electrons. The van der Waals surface area contributed by atoms with Crippen LogP contribution in [0.3, 0.4) is 0 Å². The molecule has 1 amide bonds. The van der Waals surface area contributed by atoms with Crippen molar-refractivity contribution in [2.45, 2.75) is 31.8 Å². The van der Waals surface area contributed by atoms with E-state index >= 15 is 0 Å². The molecule has 7 nitrogen and oxygen atoms in total. The van der Waals surface area contributed by atoms with Crippen LogP contribution in [0.1, 0.15) is 31.1 Å². The third kappa shape index (κ3) is 3.62. The van der Waals surface area contributed by atoms with Crippen molar-refractivity contribution in [2.75, 3.05) is 19.6 Å². The van der Waals surface area contributed by atoms with Crippen LogP contribution in [0.2, 0.25) is 0 Å². The fourth-order valence-electron chi connectivity index (χ4n) is 3.56. The highest BCUT2D eigenvalue weighted by Gasteiger charge is 2.25. The summed E-state index contributed by atoms with van der Waals surface area (Å²) in [4.78, 5) is 14.9. The summed E-state index contributed by atoms with van der Waals surface area (Å²) >= 11 is 0. The quantitative estimate of drug-likeness (QED) is 0.736. The fraction of sp³-hybridized carbons (Fsp3) is 0.421. The molecule has 1 saturated heterocycles. The van der Waals surface area contributed by atoms with Gasteiger partial charge in [0.1, 0.15) is 17.8 Å². The first-order chi connectivity index (χ1) is 12.8. The van der Waals surface area contributed by atoms with Gasteiger partial charge in [0, 0.05) is 6.54 Å². The molecular weight excluding hydrogens is 330 g/mol. The number of nitrogens with one attached hydrogen (secondary N) is 1. The van der Waals surface area contributed by atoms with Gasteiger partial charge in [0.25, 0.3) is 0 Å². The number of amides is 1. The first kappa shape index (κ1) is 16.8. The van der Waals surface area contributed by atoms with Crippen LogP contribution in [0, 0.1) is 0 Å². The van der Waals surface area contributed by atoms with E-state index in [1.807, 2.05) is 36.4 Å². The third-order valence-electron chi connectivity index (χ3n) is 4.91. The third-order valence-corrected chi connectivity index (χ3v) is 4.91. The number of benzene rings is 1. The minimum absolute atomic E-state index is 0.0711. The highest BCUT2D eigenvalue weighted by atomic mass is 16.3. The molecule has 1 fully saturated rings. The zero-order chi connectivity index (χ0) is 17.8. The summed E-state index contributed by atoms with van der Waals surface area (Å²) < 4.78 is 7.26. The summed E-state index contributed by atoms with van der Waals surface area (Å²) in [6.07, 6.45) is 5.34. The Morgan fingerprint density at radius 2 is 2.00 bits per heavy atom. The van der Waals surface area contributed by atoms with Crippen LogP contribution in [-0.2, 0) is 11.3 Å². The fourth-order valence-corrected chi connectivity index (χ4v) is 3.56. The van der Waals surface area contributed by atoms with Crippen molar-refractivity contribution in [1.82, 2.24) is 25.2 Å². The molecule has 0 radical (unpaired) electrons. The van der Waals surface area contributed by atoms with Crippen molar-refractivity contribution >= 4 is 16.9 Å². The van der Waals surface area contributed by atoms with Crippen LogP contribution in [0.25, 0.3) is 11.0 Å².